The van der Waals surface area contributed by atoms with Crippen molar-refractivity contribution in [2.24, 2.45) is 11.7 Å². The highest BCUT2D eigenvalue weighted by molar-refractivity contribution is 9.10. The van der Waals surface area contributed by atoms with Crippen LogP contribution in [0.25, 0.3) is 10.1 Å². The van der Waals surface area contributed by atoms with Gasteiger partial charge in [-0.05, 0) is 57.6 Å². The maximum atomic E-state index is 11.5. The van der Waals surface area contributed by atoms with Gasteiger partial charge in [0.2, 0.25) is 0 Å². The fraction of sp³-hybridized carbons (Fsp3) is 0.438. The lowest BCUT2D eigenvalue weighted by Gasteiger charge is -2.16. The zero-order valence-corrected chi connectivity index (χ0v) is 14.7. The molecule has 3 nitrogen and oxygen atoms in total. The summed E-state index contributed by atoms with van der Waals surface area (Å²) in [5.74, 6) is 0.0660. The summed E-state index contributed by atoms with van der Waals surface area (Å²) in [6.07, 6.45) is 1.20. The molecule has 114 valence electrons. The Morgan fingerprint density at radius 3 is 2.95 bits per heavy atom. The second-order valence-corrected chi connectivity index (χ2v) is 7.00. The third kappa shape index (κ3) is 4.05. The molecule has 0 spiro atoms. The Labute approximate surface area is 137 Å². The molecule has 1 aromatic carbocycles. The summed E-state index contributed by atoms with van der Waals surface area (Å²) in [6, 6.07) is 6.11. The molecule has 2 unspecified atom stereocenters. The van der Waals surface area contributed by atoms with Gasteiger partial charge in [-0.15, -0.1) is 11.3 Å². The first kappa shape index (κ1) is 16.5. The maximum Gasteiger partial charge on any atom is 0.306 e. The average Bonchev–Trinajstić information content (AvgIpc) is 2.84. The average molecular weight is 370 g/mol. The minimum Gasteiger partial charge on any atom is -0.466 e. The molecule has 21 heavy (non-hydrogen) atoms. The zero-order chi connectivity index (χ0) is 15.4. The molecule has 0 amide bonds. The van der Waals surface area contributed by atoms with E-state index in [1.165, 1.54) is 10.1 Å². The normalized spacial score (nSPS) is 14.1. The van der Waals surface area contributed by atoms with Gasteiger partial charge >= 0.3 is 5.97 Å². The van der Waals surface area contributed by atoms with E-state index in [9.17, 15) is 4.79 Å². The molecular formula is C16H20BrNO2S. The summed E-state index contributed by atoms with van der Waals surface area (Å²) < 4.78 is 7.31. The van der Waals surface area contributed by atoms with Crippen LogP contribution in [0.1, 0.15) is 38.3 Å². The van der Waals surface area contributed by atoms with Crippen LogP contribution in [0.4, 0.5) is 0 Å². The number of carbonyl (C=O) groups is 1. The highest BCUT2D eigenvalue weighted by Crippen LogP contribution is 2.36. The smallest absolute Gasteiger partial charge is 0.306 e. The third-order valence-electron chi connectivity index (χ3n) is 3.46. The minimum atomic E-state index is -0.143. The molecule has 0 radical (unpaired) electrons. The largest absolute Gasteiger partial charge is 0.466 e. The number of benzene rings is 1. The summed E-state index contributed by atoms with van der Waals surface area (Å²) >= 11 is 5.27. The number of hydrogen-bond acceptors (Lipinski definition) is 4. The van der Waals surface area contributed by atoms with E-state index in [1.807, 2.05) is 26.0 Å². The fourth-order valence-corrected chi connectivity index (χ4v) is 4.16. The molecule has 2 aromatic rings. The molecule has 2 rings (SSSR count). The van der Waals surface area contributed by atoms with E-state index in [0.29, 0.717) is 13.0 Å². The lowest BCUT2D eigenvalue weighted by atomic mass is 9.94. The van der Waals surface area contributed by atoms with Gasteiger partial charge in [0.05, 0.1) is 6.61 Å². The Hall–Kier alpha value is -0.910. The van der Waals surface area contributed by atoms with Gasteiger partial charge in [-0.1, -0.05) is 19.1 Å². The molecular weight excluding hydrogens is 350 g/mol. The SMILES string of the molecule is CCOC(=O)CC(C)CC(N)c1csc2c(Br)cccc12. The molecule has 5 heteroatoms. The Balaban J connectivity index is 2.07. The number of halogens is 1. The lowest BCUT2D eigenvalue weighted by Crippen LogP contribution is -2.17. The summed E-state index contributed by atoms with van der Waals surface area (Å²) in [6.45, 7) is 4.30. The molecule has 0 aliphatic heterocycles. The summed E-state index contributed by atoms with van der Waals surface area (Å²) in [7, 11) is 0. The number of fused-ring (bicyclic) bond motifs is 1. The summed E-state index contributed by atoms with van der Waals surface area (Å²) in [4.78, 5) is 11.5. The molecule has 2 N–H and O–H groups in total. The lowest BCUT2D eigenvalue weighted by molar-refractivity contribution is -0.144. The molecule has 0 saturated carbocycles. The fourth-order valence-electron chi connectivity index (χ4n) is 2.48. The Morgan fingerprint density at radius 1 is 1.48 bits per heavy atom. The van der Waals surface area contributed by atoms with Crippen LogP contribution in [0.15, 0.2) is 28.1 Å². The first-order valence-electron chi connectivity index (χ1n) is 7.09. The highest BCUT2D eigenvalue weighted by atomic mass is 79.9. The van der Waals surface area contributed by atoms with Crippen molar-refractivity contribution in [2.75, 3.05) is 6.61 Å². The van der Waals surface area contributed by atoms with Crippen molar-refractivity contribution in [2.45, 2.75) is 32.7 Å². The van der Waals surface area contributed by atoms with Gasteiger partial charge in [0.1, 0.15) is 0 Å². The first-order valence-corrected chi connectivity index (χ1v) is 8.77. The Morgan fingerprint density at radius 2 is 2.24 bits per heavy atom. The highest BCUT2D eigenvalue weighted by Gasteiger charge is 2.18. The maximum absolute atomic E-state index is 11.5. The Kier molecular flexibility index (Phi) is 5.79. The van der Waals surface area contributed by atoms with Crippen LogP contribution in [0.5, 0.6) is 0 Å². The van der Waals surface area contributed by atoms with Crippen LogP contribution >= 0.6 is 27.3 Å². The predicted octanol–water partition coefficient (Wildman–Crippen LogP) is 4.64. The van der Waals surface area contributed by atoms with Gasteiger partial charge in [0, 0.05) is 21.6 Å². The number of ether oxygens (including phenoxy) is 1. The number of hydrogen-bond donors (Lipinski definition) is 1. The van der Waals surface area contributed by atoms with Gasteiger partial charge in [0.15, 0.2) is 0 Å². The van der Waals surface area contributed by atoms with Crippen molar-refractivity contribution in [3.8, 4) is 0 Å². The quantitative estimate of drug-likeness (QED) is 0.754. The van der Waals surface area contributed by atoms with Gasteiger partial charge in [0.25, 0.3) is 0 Å². The molecule has 0 aliphatic rings. The van der Waals surface area contributed by atoms with Crippen LogP contribution in [-0.4, -0.2) is 12.6 Å². The molecule has 1 aromatic heterocycles. The van der Waals surface area contributed by atoms with Crippen LogP contribution < -0.4 is 5.73 Å². The predicted molar refractivity (Wildman–Crippen MR) is 91.5 cm³/mol. The number of carbonyl (C=O) groups excluding carboxylic acids is 1. The Bertz CT molecular complexity index is 626. The van der Waals surface area contributed by atoms with Crippen molar-refractivity contribution in [3.05, 3.63) is 33.6 Å². The second-order valence-electron chi connectivity index (χ2n) is 5.26. The van der Waals surface area contributed by atoms with Gasteiger partial charge in [-0.3, -0.25) is 4.79 Å². The first-order chi connectivity index (χ1) is 10.0. The van der Waals surface area contributed by atoms with Crippen molar-refractivity contribution < 1.29 is 9.53 Å². The second kappa shape index (κ2) is 7.38. The zero-order valence-electron chi connectivity index (χ0n) is 12.3. The topological polar surface area (TPSA) is 52.3 Å². The van der Waals surface area contributed by atoms with E-state index in [4.69, 9.17) is 10.5 Å². The van der Waals surface area contributed by atoms with Crippen molar-refractivity contribution in [3.63, 3.8) is 0 Å². The number of rotatable bonds is 6. The number of esters is 1. The molecule has 2 atom stereocenters. The molecule has 0 fully saturated rings. The molecule has 0 saturated heterocycles. The summed E-state index contributed by atoms with van der Waals surface area (Å²) in [5.41, 5.74) is 7.50. The number of thiophene rings is 1. The minimum absolute atomic E-state index is 0.0579. The van der Waals surface area contributed by atoms with Gasteiger partial charge < -0.3 is 10.5 Å². The molecule has 0 bridgehead atoms. The van der Waals surface area contributed by atoms with E-state index in [0.717, 1.165) is 16.5 Å². The van der Waals surface area contributed by atoms with Crippen LogP contribution in [0.3, 0.4) is 0 Å². The summed E-state index contributed by atoms with van der Waals surface area (Å²) in [5, 5.41) is 3.32. The molecule has 1 heterocycles. The van der Waals surface area contributed by atoms with E-state index in [1.54, 1.807) is 11.3 Å². The standard InChI is InChI=1S/C16H20BrNO2S/c1-3-20-15(19)8-10(2)7-14(18)12-9-21-16-11(12)5-4-6-13(16)17/h4-6,9-10,14H,3,7-8,18H2,1-2H3. The van der Waals surface area contributed by atoms with Crippen molar-refractivity contribution >= 4 is 43.3 Å². The van der Waals surface area contributed by atoms with Crippen molar-refractivity contribution in [1.82, 2.24) is 0 Å². The van der Waals surface area contributed by atoms with E-state index < -0.39 is 0 Å². The van der Waals surface area contributed by atoms with E-state index in [-0.39, 0.29) is 17.9 Å². The van der Waals surface area contributed by atoms with Gasteiger partial charge in [-0.25, -0.2) is 0 Å². The van der Waals surface area contributed by atoms with Crippen LogP contribution in [-0.2, 0) is 9.53 Å². The van der Waals surface area contributed by atoms with Gasteiger partial charge in [-0.2, -0.15) is 0 Å². The molecule has 0 aliphatic carbocycles. The number of nitrogens with two attached hydrogens (primary N) is 1. The van der Waals surface area contributed by atoms with E-state index in [2.05, 4.69) is 27.4 Å². The van der Waals surface area contributed by atoms with Crippen molar-refractivity contribution in [1.29, 1.82) is 0 Å². The third-order valence-corrected chi connectivity index (χ3v) is 5.43. The van der Waals surface area contributed by atoms with Crippen LogP contribution in [0.2, 0.25) is 0 Å². The van der Waals surface area contributed by atoms with E-state index >= 15 is 0 Å². The monoisotopic (exact) mass is 369 g/mol. The van der Waals surface area contributed by atoms with Crippen LogP contribution in [0, 0.1) is 5.92 Å².